The van der Waals surface area contributed by atoms with Gasteiger partial charge < -0.3 is 9.72 Å². The van der Waals surface area contributed by atoms with Gasteiger partial charge in [-0.15, -0.1) is 0 Å². The molecule has 0 spiro atoms. The normalized spacial score (nSPS) is 18.6. The van der Waals surface area contributed by atoms with Crippen molar-refractivity contribution < 1.29 is 9.53 Å². The van der Waals surface area contributed by atoms with Crippen LogP contribution in [0.15, 0.2) is 24.3 Å². The number of rotatable bonds is 2. The van der Waals surface area contributed by atoms with E-state index in [0.29, 0.717) is 6.61 Å². The lowest BCUT2D eigenvalue weighted by atomic mass is 9.86. The van der Waals surface area contributed by atoms with Crippen LogP contribution in [0.5, 0.6) is 0 Å². The average molecular weight is 243 g/mol. The van der Waals surface area contributed by atoms with E-state index < -0.39 is 0 Å². The third kappa shape index (κ3) is 1.80. The SMILES string of the molecule is CCOC(=O)[C@@H]1CCc2[nH]c3ccccc3c2C1. The Hall–Kier alpha value is -1.77. The quantitative estimate of drug-likeness (QED) is 0.824. The van der Waals surface area contributed by atoms with E-state index in [0.717, 1.165) is 19.3 Å². The topological polar surface area (TPSA) is 42.1 Å². The molecule has 1 aromatic carbocycles. The first-order valence-electron chi connectivity index (χ1n) is 6.54. The summed E-state index contributed by atoms with van der Waals surface area (Å²) in [4.78, 5) is 15.3. The number of nitrogens with one attached hydrogen (secondary N) is 1. The molecule has 18 heavy (non-hydrogen) atoms. The molecule has 0 saturated heterocycles. The number of aromatic amines is 1. The molecule has 0 amide bonds. The van der Waals surface area contributed by atoms with Gasteiger partial charge in [-0.05, 0) is 37.8 Å². The van der Waals surface area contributed by atoms with Gasteiger partial charge >= 0.3 is 5.97 Å². The van der Waals surface area contributed by atoms with Gasteiger partial charge in [-0.3, -0.25) is 4.79 Å². The van der Waals surface area contributed by atoms with E-state index in [2.05, 4.69) is 17.1 Å². The molecule has 1 N–H and O–H groups in total. The highest BCUT2D eigenvalue weighted by Crippen LogP contribution is 2.32. The fraction of sp³-hybridized carbons (Fsp3) is 0.400. The number of aryl methyl sites for hydroxylation is 1. The van der Waals surface area contributed by atoms with E-state index in [1.165, 1.54) is 22.2 Å². The third-order valence-electron chi connectivity index (χ3n) is 3.72. The molecule has 1 heterocycles. The largest absolute Gasteiger partial charge is 0.466 e. The number of para-hydroxylation sites is 1. The van der Waals surface area contributed by atoms with Crippen molar-refractivity contribution in [2.75, 3.05) is 6.61 Å². The monoisotopic (exact) mass is 243 g/mol. The van der Waals surface area contributed by atoms with Crippen LogP contribution in [0.25, 0.3) is 10.9 Å². The molecule has 2 aromatic rings. The van der Waals surface area contributed by atoms with Gasteiger partial charge in [-0.2, -0.15) is 0 Å². The van der Waals surface area contributed by atoms with Crippen molar-refractivity contribution in [3.05, 3.63) is 35.5 Å². The molecule has 0 radical (unpaired) electrons. The Morgan fingerprint density at radius 3 is 3.11 bits per heavy atom. The molecule has 3 rings (SSSR count). The summed E-state index contributed by atoms with van der Waals surface area (Å²) < 4.78 is 5.14. The summed E-state index contributed by atoms with van der Waals surface area (Å²) in [6.45, 7) is 2.33. The molecule has 1 atom stereocenters. The van der Waals surface area contributed by atoms with Crippen LogP contribution < -0.4 is 0 Å². The summed E-state index contributed by atoms with van der Waals surface area (Å²) >= 11 is 0. The van der Waals surface area contributed by atoms with Gasteiger partial charge in [0.05, 0.1) is 12.5 Å². The van der Waals surface area contributed by atoms with E-state index in [1.807, 2.05) is 19.1 Å². The Morgan fingerprint density at radius 2 is 2.28 bits per heavy atom. The average Bonchev–Trinajstić information content (AvgIpc) is 2.76. The molecule has 1 aliphatic rings. The lowest BCUT2D eigenvalue weighted by molar-refractivity contribution is -0.148. The number of hydrogen-bond donors (Lipinski definition) is 1. The molecule has 0 unspecified atom stereocenters. The van der Waals surface area contributed by atoms with Crippen molar-refractivity contribution in [3.63, 3.8) is 0 Å². The van der Waals surface area contributed by atoms with Crippen molar-refractivity contribution in [2.45, 2.75) is 26.2 Å². The molecule has 3 heteroatoms. The van der Waals surface area contributed by atoms with Gasteiger partial charge in [0.25, 0.3) is 0 Å². The van der Waals surface area contributed by atoms with Crippen LogP contribution in [0.3, 0.4) is 0 Å². The summed E-state index contributed by atoms with van der Waals surface area (Å²) in [5, 5.41) is 1.25. The number of aromatic nitrogens is 1. The van der Waals surface area contributed by atoms with Crippen LogP contribution in [0.4, 0.5) is 0 Å². The Balaban J connectivity index is 1.94. The molecular weight excluding hydrogens is 226 g/mol. The van der Waals surface area contributed by atoms with Crippen molar-refractivity contribution >= 4 is 16.9 Å². The van der Waals surface area contributed by atoms with Gasteiger partial charge in [0.2, 0.25) is 0 Å². The number of hydrogen-bond acceptors (Lipinski definition) is 2. The number of carbonyl (C=O) groups is 1. The lowest BCUT2D eigenvalue weighted by Crippen LogP contribution is -2.24. The molecule has 1 aliphatic carbocycles. The third-order valence-corrected chi connectivity index (χ3v) is 3.72. The van der Waals surface area contributed by atoms with Gasteiger partial charge in [0.15, 0.2) is 0 Å². The highest BCUT2D eigenvalue weighted by molar-refractivity contribution is 5.86. The minimum Gasteiger partial charge on any atom is -0.466 e. The maximum atomic E-state index is 11.8. The Morgan fingerprint density at radius 1 is 1.44 bits per heavy atom. The summed E-state index contributed by atoms with van der Waals surface area (Å²) in [5.74, 6) is -0.0231. The maximum absolute atomic E-state index is 11.8. The van der Waals surface area contributed by atoms with Gasteiger partial charge in [-0.25, -0.2) is 0 Å². The smallest absolute Gasteiger partial charge is 0.309 e. The van der Waals surface area contributed by atoms with E-state index in [-0.39, 0.29) is 11.9 Å². The zero-order chi connectivity index (χ0) is 12.5. The predicted molar refractivity (Wildman–Crippen MR) is 70.4 cm³/mol. The molecular formula is C15H17NO2. The molecule has 0 bridgehead atoms. The Bertz CT molecular complexity index is 585. The Kier molecular flexibility index (Phi) is 2.82. The summed E-state index contributed by atoms with van der Waals surface area (Å²) in [6, 6.07) is 8.29. The lowest BCUT2D eigenvalue weighted by Gasteiger charge is -2.20. The van der Waals surface area contributed by atoms with E-state index in [9.17, 15) is 4.79 Å². The van der Waals surface area contributed by atoms with Gasteiger partial charge in [0, 0.05) is 16.6 Å². The second kappa shape index (κ2) is 4.48. The second-order valence-corrected chi connectivity index (χ2v) is 4.82. The highest BCUT2D eigenvalue weighted by Gasteiger charge is 2.27. The number of ether oxygens (including phenoxy) is 1. The van der Waals surface area contributed by atoms with Gasteiger partial charge in [0.1, 0.15) is 0 Å². The van der Waals surface area contributed by atoms with E-state index in [4.69, 9.17) is 4.74 Å². The van der Waals surface area contributed by atoms with E-state index in [1.54, 1.807) is 0 Å². The number of esters is 1. The second-order valence-electron chi connectivity index (χ2n) is 4.82. The standard InChI is InChI=1S/C15H17NO2/c1-2-18-15(17)10-7-8-14-12(9-10)11-5-3-4-6-13(11)16-14/h3-6,10,16H,2,7-9H2,1H3/t10-/m1/s1. The first-order chi connectivity index (χ1) is 8.79. The van der Waals surface area contributed by atoms with E-state index >= 15 is 0 Å². The van der Waals surface area contributed by atoms with Crippen LogP contribution in [0.1, 0.15) is 24.6 Å². The van der Waals surface area contributed by atoms with Crippen molar-refractivity contribution in [1.82, 2.24) is 4.98 Å². The zero-order valence-corrected chi connectivity index (χ0v) is 10.5. The molecule has 94 valence electrons. The van der Waals surface area contributed by atoms with Crippen LogP contribution >= 0.6 is 0 Å². The van der Waals surface area contributed by atoms with Crippen LogP contribution in [0.2, 0.25) is 0 Å². The van der Waals surface area contributed by atoms with Crippen molar-refractivity contribution in [3.8, 4) is 0 Å². The first kappa shape index (κ1) is 11.3. The predicted octanol–water partition coefficient (Wildman–Crippen LogP) is 2.84. The van der Waals surface area contributed by atoms with Crippen LogP contribution in [-0.4, -0.2) is 17.6 Å². The first-order valence-corrected chi connectivity index (χ1v) is 6.54. The maximum Gasteiger partial charge on any atom is 0.309 e. The molecule has 0 saturated carbocycles. The molecule has 3 nitrogen and oxygen atoms in total. The number of fused-ring (bicyclic) bond motifs is 3. The molecule has 1 aromatic heterocycles. The van der Waals surface area contributed by atoms with Crippen LogP contribution in [-0.2, 0) is 22.4 Å². The number of benzene rings is 1. The summed E-state index contributed by atoms with van der Waals surface area (Å²) in [6.07, 6.45) is 2.63. The highest BCUT2D eigenvalue weighted by atomic mass is 16.5. The fourth-order valence-electron chi connectivity index (χ4n) is 2.83. The summed E-state index contributed by atoms with van der Waals surface area (Å²) in [7, 11) is 0. The van der Waals surface area contributed by atoms with Crippen molar-refractivity contribution in [2.24, 2.45) is 5.92 Å². The zero-order valence-electron chi connectivity index (χ0n) is 10.5. The minimum absolute atomic E-state index is 0.0247. The summed E-state index contributed by atoms with van der Waals surface area (Å²) in [5.41, 5.74) is 3.76. The Labute approximate surface area is 106 Å². The van der Waals surface area contributed by atoms with Crippen LogP contribution in [0, 0.1) is 5.92 Å². The minimum atomic E-state index is -0.0477. The molecule has 0 fully saturated rings. The fourth-order valence-corrected chi connectivity index (χ4v) is 2.83. The van der Waals surface area contributed by atoms with Gasteiger partial charge in [-0.1, -0.05) is 18.2 Å². The molecule has 0 aliphatic heterocycles. The number of H-pyrrole nitrogens is 1. The number of carbonyl (C=O) groups excluding carboxylic acids is 1. The van der Waals surface area contributed by atoms with Crippen molar-refractivity contribution in [1.29, 1.82) is 0 Å².